The summed E-state index contributed by atoms with van der Waals surface area (Å²) in [6.45, 7) is 5.76. The summed E-state index contributed by atoms with van der Waals surface area (Å²) in [5.74, 6) is -4.57. The third-order valence-electron chi connectivity index (χ3n) is 6.14. The number of hydrogen-bond donors (Lipinski definition) is 2. The zero-order chi connectivity index (χ0) is 27.9. The first kappa shape index (κ1) is 30.3. The molecule has 37 heavy (non-hydrogen) atoms. The second kappa shape index (κ2) is 12.5. The zero-order valence-corrected chi connectivity index (χ0v) is 19.6. The number of aromatic nitrogens is 1. The Kier molecular flexibility index (Phi) is 10.3. The SMILES string of the molecule is O=C(O)C(F)(F)F.O=C(O)C(F)(F)F.O=C1CCCN1CCC1CCOC12CN(Cc1ccncc1)C2. The van der Waals surface area contributed by atoms with Gasteiger partial charge >= 0.3 is 24.3 Å². The van der Waals surface area contributed by atoms with Crippen molar-refractivity contribution in [2.45, 2.75) is 50.2 Å². The molecule has 3 fully saturated rings. The number of alkyl halides is 6. The molecule has 4 rings (SSSR count). The average Bonchev–Trinajstić information content (AvgIpc) is 3.38. The Bertz CT molecular complexity index is 898. The van der Waals surface area contributed by atoms with Gasteiger partial charge in [-0.05, 0) is 42.9 Å². The molecule has 1 spiro atoms. The average molecular weight is 543 g/mol. The number of carboxylic acid groups (broad SMARTS) is 2. The van der Waals surface area contributed by atoms with E-state index in [9.17, 15) is 31.1 Å². The van der Waals surface area contributed by atoms with E-state index in [0.29, 0.717) is 11.8 Å². The van der Waals surface area contributed by atoms with E-state index >= 15 is 0 Å². The number of carboxylic acids is 2. The fourth-order valence-corrected chi connectivity index (χ4v) is 4.36. The fraction of sp³-hybridized carbons (Fsp3) is 0.636. The summed E-state index contributed by atoms with van der Waals surface area (Å²) < 4.78 is 69.6. The van der Waals surface area contributed by atoms with Crippen LogP contribution >= 0.6 is 0 Å². The van der Waals surface area contributed by atoms with Gasteiger partial charge in [0.25, 0.3) is 0 Å². The minimum absolute atomic E-state index is 0.0514. The molecule has 0 radical (unpaired) electrons. The Hall–Kier alpha value is -2.94. The van der Waals surface area contributed by atoms with Crippen molar-refractivity contribution in [1.29, 1.82) is 0 Å². The van der Waals surface area contributed by atoms with Gasteiger partial charge in [-0.1, -0.05) is 0 Å². The van der Waals surface area contributed by atoms with Crippen molar-refractivity contribution < 1.29 is 55.7 Å². The van der Waals surface area contributed by atoms with Crippen LogP contribution in [-0.2, 0) is 25.7 Å². The molecule has 0 aliphatic carbocycles. The van der Waals surface area contributed by atoms with Crippen LogP contribution in [0.1, 0.15) is 31.2 Å². The van der Waals surface area contributed by atoms with Gasteiger partial charge < -0.3 is 19.8 Å². The second-order valence-electron chi connectivity index (χ2n) is 8.78. The lowest BCUT2D eigenvalue weighted by atomic mass is 9.78. The summed E-state index contributed by atoms with van der Waals surface area (Å²) in [6, 6.07) is 4.16. The van der Waals surface area contributed by atoms with E-state index in [2.05, 4.69) is 22.0 Å². The Morgan fingerprint density at radius 3 is 2.05 bits per heavy atom. The Labute approximate surface area is 208 Å². The molecule has 15 heteroatoms. The van der Waals surface area contributed by atoms with Crippen molar-refractivity contribution in [1.82, 2.24) is 14.8 Å². The summed E-state index contributed by atoms with van der Waals surface area (Å²) in [4.78, 5) is 38.1. The van der Waals surface area contributed by atoms with Gasteiger partial charge in [-0.15, -0.1) is 0 Å². The monoisotopic (exact) mass is 543 g/mol. The summed E-state index contributed by atoms with van der Waals surface area (Å²) in [6.07, 6.45) is -2.45. The lowest BCUT2D eigenvalue weighted by Gasteiger charge is -2.50. The number of nitrogens with zero attached hydrogens (tertiary/aromatic N) is 3. The molecule has 0 bridgehead atoms. The summed E-state index contributed by atoms with van der Waals surface area (Å²) in [5, 5.41) is 14.2. The van der Waals surface area contributed by atoms with Crippen LogP contribution in [0.5, 0.6) is 0 Å². The first-order valence-corrected chi connectivity index (χ1v) is 11.3. The molecule has 1 atom stereocenters. The zero-order valence-electron chi connectivity index (χ0n) is 19.6. The van der Waals surface area contributed by atoms with Gasteiger partial charge in [0.2, 0.25) is 5.91 Å². The van der Waals surface area contributed by atoms with E-state index in [1.54, 1.807) is 0 Å². The number of carbonyl (C=O) groups excluding carboxylic acids is 1. The molecular weight excluding hydrogens is 516 g/mol. The molecule has 9 nitrogen and oxygen atoms in total. The van der Waals surface area contributed by atoms with Crippen LogP contribution in [0, 0.1) is 5.92 Å². The minimum Gasteiger partial charge on any atom is -0.475 e. The number of likely N-dealkylation sites (tertiary alicyclic amines) is 2. The largest absolute Gasteiger partial charge is 0.490 e. The molecule has 1 aromatic heterocycles. The van der Waals surface area contributed by atoms with Gasteiger partial charge in [0.15, 0.2) is 0 Å². The lowest BCUT2D eigenvalue weighted by Crippen LogP contribution is -2.64. The van der Waals surface area contributed by atoms with Gasteiger partial charge in [-0.2, -0.15) is 26.3 Å². The number of carbonyl (C=O) groups is 3. The van der Waals surface area contributed by atoms with E-state index in [1.165, 1.54) is 5.56 Å². The highest BCUT2D eigenvalue weighted by atomic mass is 19.4. The highest BCUT2D eigenvalue weighted by Crippen LogP contribution is 2.42. The van der Waals surface area contributed by atoms with Gasteiger partial charge in [0.1, 0.15) is 0 Å². The third kappa shape index (κ3) is 9.14. The molecule has 3 aliphatic rings. The maximum absolute atomic E-state index is 11.8. The number of hydrogen-bond acceptors (Lipinski definition) is 6. The van der Waals surface area contributed by atoms with E-state index in [1.807, 2.05) is 17.3 Å². The highest BCUT2D eigenvalue weighted by molar-refractivity contribution is 5.78. The normalized spacial score (nSPS) is 21.0. The lowest BCUT2D eigenvalue weighted by molar-refractivity contribution is -0.193. The first-order valence-electron chi connectivity index (χ1n) is 11.3. The van der Waals surface area contributed by atoms with E-state index in [0.717, 1.165) is 65.0 Å². The van der Waals surface area contributed by atoms with Crippen LogP contribution in [0.2, 0.25) is 0 Å². The van der Waals surface area contributed by atoms with Crippen molar-refractivity contribution in [2.24, 2.45) is 5.92 Å². The predicted molar refractivity (Wildman–Crippen MR) is 114 cm³/mol. The van der Waals surface area contributed by atoms with Crippen LogP contribution in [0.4, 0.5) is 26.3 Å². The number of ether oxygens (including phenoxy) is 1. The first-order chi connectivity index (χ1) is 17.1. The quantitative estimate of drug-likeness (QED) is 0.544. The molecule has 1 aromatic rings. The molecular formula is C22H27F6N3O6. The third-order valence-corrected chi connectivity index (χ3v) is 6.14. The number of amides is 1. The topological polar surface area (TPSA) is 120 Å². The van der Waals surface area contributed by atoms with Gasteiger partial charge in [-0.3, -0.25) is 14.7 Å². The summed E-state index contributed by atoms with van der Waals surface area (Å²) >= 11 is 0. The molecule has 0 saturated carbocycles. The number of rotatable bonds is 5. The van der Waals surface area contributed by atoms with Crippen LogP contribution in [0.15, 0.2) is 24.5 Å². The van der Waals surface area contributed by atoms with Crippen LogP contribution in [0.25, 0.3) is 0 Å². The van der Waals surface area contributed by atoms with Crippen molar-refractivity contribution in [2.75, 3.05) is 32.8 Å². The van der Waals surface area contributed by atoms with Crippen molar-refractivity contribution >= 4 is 17.8 Å². The van der Waals surface area contributed by atoms with Crippen molar-refractivity contribution in [3.63, 3.8) is 0 Å². The Morgan fingerprint density at radius 2 is 1.59 bits per heavy atom. The second-order valence-corrected chi connectivity index (χ2v) is 8.78. The predicted octanol–water partition coefficient (Wildman–Crippen LogP) is 2.95. The maximum atomic E-state index is 11.8. The van der Waals surface area contributed by atoms with Crippen molar-refractivity contribution in [3.8, 4) is 0 Å². The smallest absolute Gasteiger partial charge is 0.475 e. The Balaban J connectivity index is 0.000000286. The molecule has 4 heterocycles. The summed E-state index contributed by atoms with van der Waals surface area (Å²) in [5.41, 5.74) is 1.36. The van der Waals surface area contributed by atoms with E-state index in [4.69, 9.17) is 24.5 Å². The van der Waals surface area contributed by atoms with Gasteiger partial charge in [-0.25, -0.2) is 9.59 Å². The fourth-order valence-electron chi connectivity index (χ4n) is 4.36. The number of pyridine rings is 1. The number of aliphatic carboxylic acids is 2. The standard InChI is InChI=1S/C18H25N3O2.2C2HF3O2/c22-17-2-1-9-21(17)10-5-16-6-11-23-18(16)13-20(14-18)12-15-3-7-19-8-4-15;2*3-2(4,5)1(6)7/h3-4,7-8,16H,1-2,5-6,9-14H2;2*(H,6,7). The molecule has 2 N–H and O–H groups in total. The van der Waals surface area contributed by atoms with Crippen molar-refractivity contribution in [3.05, 3.63) is 30.1 Å². The number of halogens is 6. The van der Waals surface area contributed by atoms with Gasteiger partial charge in [0.05, 0.1) is 5.60 Å². The van der Waals surface area contributed by atoms with Gasteiger partial charge in [0, 0.05) is 58.1 Å². The van der Waals surface area contributed by atoms with Crippen LogP contribution < -0.4 is 0 Å². The van der Waals surface area contributed by atoms with Crippen LogP contribution in [0.3, 0.4) is 0 Å². The molecule has 3 saturated heterocycles. The van der Waals surface area contributed by atoms with Crippen LogP contribution in [-0.4, -0.2) is 93.6 Å². The van der Waals surface area contributed by atoms with E-state index < -0.39 is 24.3 Å². The minimum atomic E-state index is -5.08. The molecule has 0 aromatic carbocycles. The summed E-state index contributed by atoms with van der Waals surface area (Å²) in [7, 11) is 0. The Morgan fingerprint density at radius 1 is 1.05 bits per heavy atom. The van der Waals surface area contributed by atoms with E-state index in [-0.39, 0.29) is 5.60 Å². The highest BCUT2D eigenvalue weighted by Gasteiger charge is 2.52. The molecule has 208 valence electrons. The molecule has 1 unspecified atom stereocenters. The molecule has 1 amide bonds. The molecule has 3 aliphatic heterocycles. The maximum Gasteiger partial charge on any atom is 0.490 e.